The molecular formula is C11H22IN3. The average Bonchev–Trinajstić information content (AvgIpc) is 2.30. The zero-order valence-electron chi connectivity index (χ0n) is 9.34. The summed E-state index contributed by atoms with van der Waals surface area (Å²) in [6.45, 7) is 6.19. The van der Waals surface area contributed by atoms with Crippen molar-refractivity contribution in [3.05, 3.63) is 0 Å². The molecule has 0 atom stereocenters. The van der Waals surface area contributed by atoms with Crippen molar-refractivity contribution in [2.75, 3.05) is 32.7 Å². The molecule has 0 aromatic carbocycles. The van der Waals surface area contributed by atoms with Crippen molar-refractivity contribution < 1.29 is 0 Å². The summed E-state index contributed by atoms with van der Waals surface area (Å²) in [6, 6.07) is 0.783. The van der Waals surface area contributed by atoms with E-state index >= 15 is 0 Å². The van der Waals surface area contributed by atoms with Crippen LogP contribution in [0.3, 0.4) is 0 Å². The van der Waals surface area contributed by atoms with Gasteiger partial charge in [0, 0.05) is 42.0 Å². The summed E-state index contributed by atoms with van der Waals surface area (Å²) in [7, 11) is 0. The number of halogens is 1. The molecule has 2 heterocycles. The van der Waals surface area contributed by atoms with E-state index in [1.807, 2.05) is 0 Å². The fourth-order valence-electron chi connectivity index (χ4n) is 2.47. The molecule has 2 saturated heterocycles. The van der Waals surface area contributed by atoms with Gasteiger partial charge in [0.1, 0.15) is 0 Å². The van der Waals surface area contributed by atoms with Crippen molar-refractivity contribution in [1.82, 2.24) is 13.7 Å². The van der Waals surface area contributed by atoms with Crippen LogP contribution in [0.2, 0.25) is 0 Å². The van der Waals surface area contributed by atoms with Crippen molar-refractivity contribution in [3.63, 3.8) is 0 Å². The van der Waals surface area contributed by atoms with Crippen LogP contribution in [0.4, 0.5) is 0 Å². The van der Waals surface area contributed by atoms with Crippen LogP contribution < -0.4 is 10.6 Å². The second kappa shape index (κ2) is 6.37. The summed E-state index contributed by atoms with van der Waals surface area (Å²) in [6.07, 6.45) is 5.37. The lowest BCUT2D eigenvalue weighted by Gasteiger charge is -2.30. The van der Waals surface area contributed by atoms with Crippen molar-refractivity contribution in [3.8, 4) is 0 Å². The van der Waals surface area contributed by atoms with Gasteiger partial charge in [0.2, 0.25) is 0 Å². The van der Waals surface area contributed by atoms with Crippen LogP contribution in [0.25, 0.3) is 0 Å². The number of hydrogen-bond acceptors (Lipinski definition) is 3. The molecule has 0 aliphatic carbocycles. The van der Waals surface area contributed by atoms with Gasteiger partial charge < -0.3 is 10.6 Å². The predicted molar refractivity (Wildman–Crippen MR) is 72.2 cm³/mol. The zero-order valence-corrected chi connectivity index (χ0v) is 11.5. The Bertz CT molecular complexity index is 175. The minimum Gasteiger partial charge on any atom is -0.317 e. The summed E-state index contributed by atoms with van der Waals surface area (Å²) in [5.74, 6) is 0.920. The van der Waals surface area contributed by atoms with Gasteiger partial charge in [0.25, 0.3) is 0 Å². The van der Waals surface area contributed by atoms with Gasteiger partial charge in [0.15, 0.2) is 0 Å². The first-order valence-corrected chi connectivity index (χ1v) is 7.16. The molecule has 2 N–H and O–H groups in total. The molecule has 0 radical (unpaired) electrons. The quantitative estimate of drug-likeness (QED) is 0.607. The maximum absolute atomic E-state index is 3.75. The largest absolute Gasteiger partial charge is 0.317 e. The van der Waals surface area contributed by atoms with Gasteiger partial charge in [-0.1, -0.05) is 0 Å². The molecule has 0 unspecified atom stereocenters. The van der Waals surface area contributed by atoms with Gasteiger partial charge in [-0.3, -0.25) is 0 Å². The van der Waals surface area contributed by atoms with Gasteiger partial charge in [-0.05, 0) is 51.2 Å². The predicted octanol–water partition coefficient (Wildman–Crippen LogP) is 1.39. The van der Waals surface area contributed by atoms with Crippen LogP contribution in [0.1, 0.15) is 25.7 Å². The van der Waals surface area contributed by atoms with Gasteiger partial charge in [-0.25, -0.2) is 3.11 Å². The van der Waals surface area contributed by atoms with E-state index in [9.17, 15) is 0 Å². The number of rotatable bonds is 3. The first-order chi connectivity index (χ1) is 7.34. The van der Waals surface area contributed by atoms with Gasteiger partial charge >= 0.3 is 0 Å². The molecule has 2 aliphatic heterocycles. The lowest BCUT2D eigenvalue weighted by molar-refractivity contribution is 0.288. The Kier molecular flexibility index (Phi) is 5.13. The summed E-state index contributed by atoms with van der Waals surface area (Å²) < 4.78 is 2.40. The van der Waals surface area contributed by atoms with Crippen LogP contribution in [-0.4, -0.2) is 41.9 Å². The molecule has 0 saturated carbocycles. The lowest BCUT2D eigenvalue weighted by Crippen LogP contribution is -2.42. The third-order valence-corrected chi connectivity index (χ3v) is 4.56. The smallest absolute Gasteiger partial charge is 0.0201 e. The summed E-state index contributed by atoms with van der Waals surface area (Å²) in [5, 5.41) is 7.18. The fraction of sp³-hybridized carbons (Fsp3) is 1.00. The Morgan fingerprint density at radius 1 is 1.13 bits per heavy atom. The second-order valence-electron chi connectivity index (χ2n) is 4.79. The monoisotopic (exact) mass is 323 g/mol. The van der Waals surface area contributed by atoms with E-state index in [-0.39, 0.29) is 0 Å². The van der Waals surface area contributed by atoms with Crippen LogP contribution in [-0.2, 0) is 0 Å². The summed E-state index contributed by atoms with van der Waals surface area (Å²) in [5.41, 5.74) is 0. The third-order valence-electron chi connectivity index (χ3n) is 3.59. The second-order valence-corrected chi connectivity index (χ2v) is 6.15. The molecule has 15 heavy (non-hydrogen) atoms. The summed E-state index contributed by atoms with van der Waals surface area (Å²) in [4.78, 5) is 0. The van der Waals surface area contributed by atoms with Crippen molar-refractivity contribution in [2.45, 2.75) is 31.7 Å². The van der Waals surface area contributed by atoms with Crippen LogP contribution in [0.15, 0.2) is 0 Å². The Hall–Kier alpha value is 0.610. The number of piperidine rings is 2. The highest BCUT2D eigenvalue weighted by Gasteiger charge is 2.19. The van der Waals surface area contributed by atoms with E-state index < -0.39 is 0 Å². The van der Waals surface area contributed by atoms with E-state index in [4.69, 9.17) is 0 Å². The Morgan fingerprint density at radius 3 is 2.47 bits per heavy atom. The van der Waals surface area contributed by atoms with E-state index in [1.165, 1.54) is 58.4 Å². The van der Waals surface area contributed by atoms with Gasteiger partial charge in [0.05, 0.1) is 0 Å². The maximum atomic E-state index is 3.75. The average molecular weight is 323 g/mol. The van der Waals surface area contributed by atoms with Crippen molar-refractivity contribution in [1.29, 1.82) is 0 Å². The standard InChI is InChI=1S/C11H22IN3/c12-15-7-3-11(4-8-15)14-9-10-1-5-13-6-2-10/h10-11,13-14H,1-9H2. The van der Waals surface area contributed by atoms with Crippen LogP contribution >= 0.6 is 22.9 Å². The minimum atomic E-state index is 0.783. The molecule has 2 aliphatic rings. The van der Waals surface area contributed by atoms with E-state index in [1.54, 1.807) is 0 Å². The minimum absolute atomic E-state index is 0.783. The Balaban J connectivity index is 1.60. The third kappa shape index (κ3) is 4.17. The number of nitrogens with zero attached hydrogens (tertiary/aromatic N) is 1. The molecular weight excluding hydrogens is 301 g/mol. The van der Waals surface area contributed by atoms with Crippen LogP contribution in [0.5, 0.6) is 0 Å². The normalized spacial score (nSPS) is 27.0. The number of nitrogens with one attached hydrogen (secondary N) is 2. The first-order valence-electron chi connectivity index (χ1n) is 6.19. The molecule has 0 spiro atoms. The number of hydrogen-bond donors (Lipinski definition) is 2. The highest BCUT2D eigenvalue weighted by molar-refractivity contribution is 14.1. The molecule has 4 heteroatoms. The highest BCUT2D eigenvalue weighted by Crippen LogP contribution is 2.15. The zero-order chi connectivity index (χ0) is 10.5. The SMILES string of the molecule is IN1CCC(NCC2CCNCC2)CC1. The fourth-order valence-corrected chi connectivity index (χ4v) is 3.03. The maximum Gasteiger partial charge on any atom is 0.0201 e. The van der Waals surface area contributed by atoms with E-state index in [2.05, 4.69) is 36.6 Å². The molecule has 0 amide bonds. The molecule has 2 rings (SSSR count). The molecule has 88 valence electrons. The van der Waals surface area contributed by atoms with Gasteiger partial charge in [-0.15, -0.1) is 0 Å². The highest BCUT2D eigenvalue weighted by atomic mass is 127. The molecule has 3 nitrogen and oxygen atoms in total. The molecule has 0 aromatic heterocycles. The Labute approximate surface area is 107 Å². The molecule has 0 aromatic rings. The van der Waals surface area contributed by atoms with Crippen molar-refractivity contribution in [2.24, 2.45) is 5.92 Å². The summed E-state index contributed by atoms with van der Waals surface area (Å²) >= 11 is 2.44. The van der Waals surface area contributed by atoms with Crippen LogP contribution in [0, 0.1) is 5.92 Å². The molecule has 2 fully saturated rings. The molecule has 0 bridgehead atoms. The lowest BCUT2D eigenvalue weighted by atomic mass is 9.97. The van der Waals surface area contributed by atoms with Gasteiger partial charge in [-0.2, -0.15) is 0 Å². The topological polar surface area (TPSA) is 27.3 Å². The Morgan fingerprint density at radius 2 is 1.80 bits per heavy atom. The van der Waals surface area contributed by atoms with E-state index in [0.29, 0.717) is 0 Å². The van der Waals surface area contributed by atoms with Crippen molar-refractivity contribution >= 4 is 22.9 Å². The van der Waals surface area contributed by atoms with E-state index in [0.717, 1.165) is 12.0 Å². The first kappa shape index (κ1) is 12.1.